The van der Waals surface area contributed by atoms with Gasteiger partial charge in [-0.25, -0.2) is 0 Å². The van der Waals surface area contributed by atoms with Gasteiger partial charge in [0.2, 0.25) is 11.8 Å². The fourth-order valence-corrected chi connectivity index (χ4v) is 5.97. The Morgan fingerprint density at radius 2 is 0.980 bits per heavy atom. The van der Waals surface area contributed by atoms with Crippen molar-refractivity contribution < 1.29 is 46.8 Å². The zero-order valence-corrected chi connectivity index (χ0v) is 33.5. The van der Waals surface area contributed by atoms with Crippen molar-refractivity contribution >= 4 is 56.7 Å². The molecule has 282 valence electrons. The van der Waals surface area contributed by atoms with Crippen LogP contribution < -0.4 is 20.1 Å². The van der Waals surface area contributed by atoms with Gasteiger partial charge in [0.05, 0.1) is 23.5 Å². The van der Waals surface area contributed by atoms with Crippen LogP contribution in [0.25, 0.3) is 0 Å². The first-order valence-corrected chi connectivity index (χ1v) is 19.2. The Kier molecular flexibility index (Phi) is 17.7. The summed E-state index contributed by atoms with van der Waals surface area (Å²) >= 11 is 2.22. The van der Waals surface area contributed by atoms with Gasteiger partial charge in [-0.3, -0.25) is 29.2 Å². The number of amides is 2. The molecule has 0 aliphatic carbocycles. The number of carbonyl (C=O) groups excluding carboxylic acids is 4. The molecular weight excluding hydrogens is 762 g/mol. The van der Waals surface area contributed by atoms with Gasteiger partial charge >= 0.3 is 27.7 Å². The predicted octanol–water partition coefficient (Wildman–Crippen LogP) is 7.88. The average molecular weight is 816 g/mol. The second-order valence-electron chi connectivity index (χ2n) is 13.9. The number of Topliss-reactive ketones (excluding diaryl/α,β-unsaturated/α-hetero) is 2. The molecule has 2 fully saturated rings. The van der Waals surface area contributed by atoms with E-state index in [0.717, 1.165) is 33.6 Å². The fourth-order valence-electron chi connectivity index (χ4n) is 5.97. The summed E-state index contributed by atoms with van der Waals surface area (Å²) in [6.45, 7) is 16.6. The second kappa shape index (κ2) is 20.6. The number of halogens is 1. The SMILES string of the molecule is CC(C)c1cc(OCC(=O)C2CCC(=O)N2)cc(C(C)C)c1N=CC=Nc1c(C(C)C)cc(OCC(=O)C2CCC(=O)N2)cc1C(C)C.[CH3-].[Cl][Pd+]. The average Bonchev–Trinajstić information content (AvgIpc) is 3.73. The minimum atomic E-state index is -0.484. The van der Waals surface area contributed by atoms with E-state index in [1.165, 1.54) is 0 Å². The maximum atomic E-state index is 12.6. The number of rotatable bonds is 15. The molecule has 2 unspecified atom stereocenters. The van der Waals surface area contributed by atoms with Gasteiger partial charge in [0.25, 0.3) is 0 Å². The van der Waals surface area contributed by atoms with E-state index in [2.05, 4.69) is 93.7 Å². The van der Waals surface area contributed by atoms with Crippen molar-refractivity contribution in [1.82, 2.24) is 10.6 Å². The molecule has 2 heterocycles. The Hall–Kier alpha value is -3.39. The van der Waals surface area contributed by atoms with E-state index in [4.69, 9.17) is 19.5 Å². The molecule has 2 saturated heterocycles. The van der Waals surface area contributed by atoms with Crippen LogP contribution >= 0.6 is 9.53 Å². The van der Waals surface area contributed by atoms with Gasteiger partial charge < -0.3 is 27.5 Å². The normalized spacial score (nSPS) is 17.2. The molecule has 0 aromatic heterocycles. The van der Waals surface area contributed by atoms with Crippen molar-refractivity contribution in [3.63, 3.8) is 0 Å². The van der Waals surface area contributed by atoms with Crippen molar-refractivity contribution in [2.45, 2.75) is 117 Å². The van der Waals surface area contributed by atoms with E-state index in [1.807, 2.05) is 24.3 Å². The van der Waals surface area contributed by atoms with Crippen molar-refractivity contribution in [3.05, 3.63) is 53.9 Å². The topological polar surface area (TPSA) is 136 Å². The first-order chi connectivity index (χ1) is 23.7. The zero-order chi connectivity index (χ0) is 37.1. The van der Waals surface area contributed by atoms with Gasteiger partial charge in [-0.1, -0.05) is 55.4 Å². The third-order valence-corrected chi connectivity index (χ3v) is 8.78. The molecule has 12 heteroatoms. The van der Waals surface area contributed by atoms with E-state index in [9.17, 15) is 19.2 Å². The van der Waals surface area contributed by atoms with Crippen LogP contribution in [0.1, 0.15) is 127 Å². The van der Waals surface area contributed by atoms with Crippen LogP contribution in [-0.4, -0.2) is 61.1 Å². The second-order valence-corrected chi connectivity index (χ2v) is 13.9. The van der Waals surface area contributed by atoms with Gasteiger partial charge in [0, 0.05) is 25.3 Å². The molecule has 0 bridgehead atoms. The number of nitrogens with one attached hydrogen (secondary N) is 2. The van der Waals surface area contributed by atoms with Crippen LogP contribution in [0.15, 0.2) is 34.3 Å². The summed E-state index contributed by atoms with van der Waals surface area (Å²) in [5.41, 5.74) is 5.71. The number of benzene rings is 2. The molecule has 0 radical (unpaired) electrons. The Morgan fingerprint density at radius 1 is 0.686 bits per heavy atom. The third kappa shape index (κ3) is 12.1. The van der Waals surface area contributed by atoms with Crippen LogP contribution in [0.5, 0.6) is 11.5 Å². The number of hydrogen-bond donors (Lipinski definition) is 2. The molecule has 2 aliphatic rings. The molecule has 10 nitrogen and oxygen atoms in total. The van der Waals surface area contributed by atoms with Crippen molar-refractivity contribution in [3.8, 4) is 11.5 Å². The zero-order valence-electron chi connectivity index (χ0n) is 31.2. The minimum absolute atomic E-state index is 0. The molecule has 2 amide bonds. The Morgan fingerprint density at radius 3 is 1.22 bits per heavy atom. The first-order valence-electron chi connectivity index (χ1n) is 17.2. The number of nitrogens with zero attached hydrogens (tertiary/aromatic N) is 2. The van der Waals surface area contributed by atoms with Gasteiger partial charge in [0.15, 0.2) is 11.6 Å². The summed E-state index contributed by atoms with van der Waals surface area (Å²) in [6.07, 6.45) is 5.17. The van der Waals surface area contributed by atoms with Crippen LogP contribution in [0, 0.1) is 7.43 Å². The molecule has 0 saturated carbocycles. The van der Waals surface area contributed by atoms with Gasteiger partial charge in [-0.15, -0.1) is 0 Å². The fraction of sp³-hybridized carbons (Fsp3) is 0.513. The van der Waals surface area contributed by atoms with Gasteiger partial charge in [-0.2, -0.15) is 0 Å². The summed E-state index contributed by atoms with van der Waals surface area (Å²) in [5, 5.41) is 5.42. The Balaban J connectivity index is 0.00000295. The molecule has 2 atom stereocenters. The molecule has 2 aromatic rings. The summed E-state index contributed by atoms with van der Waals surface area (Å²) in [5.74, 6) is 1.31. The maximum absolute atomic E-state index is 12.6. The summed E-state index contributed by atoms with van der Waals surface area (Å²) in [7, 11) is 4.49. The van der Waals surface area contributed by atoms with Crippen molar-refractivity contribution in [1.29, 1.82) is 0 Å². The van der Waals surface area contributed by atoms with Gasteiger partial charge in [-0.05, 0) is 83.0 Å². The third-order valence-electron chi connectivity index (χ3n) is 8.78. The summed E-state index contributed by atoms with van der Waals surface area (Å²) < 4.78 is 11.9. The first kappa shape index (κ1) is 43.8. The summed E-state index contributed by atoms with van der Waals surface area (Å²) in [6, 6.07) is 6.80. The quantitative estimate of drug-likeness (QED) is 0.107. The molecular formula is C39H53ClN4O6Pd. The Bertz CT molecular complexity index is 1430. The van der Waals surface area contributed by atoms with E-state index in [1.54, 1.807) is 12.4 Å². The van der Waals surface area contributed by atoms with E-state index >= 15 is 0 Å². The molecule has 51 heavy (non-hydrogen) atoms. The number of ketones is 2. The molecule has 2 aromatic carbocycles. The monoisotopic (exact) mass is 814 g/mol. The van der Waals surface area contributed by atoms with Gasteiger partial charge in [0.1, 0.15) is 24.7 Å². The van der Waals surface area contributed by atoms with Crippen LogP contribution in [0.2, 0.25) is 0 Å². The van der Waals surface area contributed by atoms with Crippen molar-refractivity contribution in [2.75, 3.05) is 13.2 Å². The molecule has 2 N–H and O–H groups in total. The Labute approximate surface area is 318 Å². The van der Waals surface area contributed by atoms with E-state index in [-0.39, 0.29) is 67.7 Å². The molecule has 2 aliphatic heterocycles. The number of aliphatic imine (C=N–C) groups is 2. The number of carbonyl (C=O) groups is 4. The standard InChI is InChI=1S/C38H50N4O6.CH3.ClH.Pd/c1-21(2)27-15-25(47-19-33(43)31-9-11-35(45)41-31)16-28(22(3)4)37(27)39-13-14-40-38-29(23(5)6)17-26(18-30(38)24(7)8)48-20-34(44)32-10-12-36(46)42-32;;;/h13-18,21-24,31-32H,9-12,19-20H2,1-8H3,(H,41,45)(H,42,46);1H3;1H;/q;-1;;+2/p-1. The molecule has 4 rings (SSSR count). The van der Waals surface area contributed by atoms with Crippen LogP contribution in [0.3, 0.4) is 0 Å². The molecule has 0 spiro atoms. The van der Waals surface area contributed by atoms with Crippen molar-refractivity contribution in [2.24, 2.45) is 9.98 Å². The summed E-state index contributed by atoms with van der Waals surface area (Å²) in [4.78, 5) is 58.1. The van der Waals surface area contributed by atoms with Crippen LogP contribution in [0.4, 0.5) is 11.4 Å². The number of ether oxygens (including phenoxy) is 2. The number of hydrogen-bond acceptors (Lipinski definition) is 8. The van der Waals surface area contributed by atoms with Crippen LogP contribution in [-0.2, 0) is 37.4 Å². The predicted molar refractivity (Wildman–Crippen MR) is 201 cm³/mol. The van der Waals surface area contributed by atoms with E-state index < -0.39 is 12.1 Å². The van der Waals surface area contributed by atoms with E-state index in [0.29, 0.717) is 37.2 Å².